The predicted molar refractivity (Wildman–Crippen MR) is 73.6 cm³/mol. The average molecular weight is 325 g/mol. The summed E-state index contributed by atoms with van der Waals surface area (Å²) in [6.45, 7) is 1.21. The number of nitrogen functional groups attached to an aromatic ring is 1. The van der Waals surface area contributed by atoms with Gasteiger partial charge in [0.25, 0.3) is 0 Å². The summed E-state index contributed by atoms with van der Waals surface area (Å²) < 4.78 is 63.1. The molecule has 0 aliphatic rings. The highest BCUT2D eigenvalue weighted by molar-refractivity contribution is 7.89. The van der Waals surface area contributed by atoms with Crippen molar-refractivity contribution in [2.45, 2.75) is 11.8 Å². The van der Waals surface area contributed by atoms with Gasteiger partial charge >= 0.3 is 0 Å². The van der Waals surface area contributed by atoms with Crippen LogP contribution in [-0.4, -0.2) is 36.2 Å². The van der Waals surface area contributed by atoms with Crippen molar-refractivity contribution in [2.24, 2.45) is 0 Å². The molecule has 1 rings (SSSR count). The molecule has 7 nitrogen and oxygen atoms in total. The third kappa shape index (κ3) is 4.71. The minimum Gasteiger partial charge on any atom is -0.398 e. The van der Waals surface area contributed by atoms with Crippen LogP contribution in [0.25, 0.3) is 0 Å². The zero-order valence-electron chi connectivity index (χ0n) is 11.0. The standard InChI is InChI=1S/C10H16FN3O4S2/c1-7-5-8(11)10(6-9(7)12)20(17,18)14-4-3-13-19(2,15)16/h5-6,13-14H,3-4,12H2,1-2H3. The lowest BCUT2D eigenvalue weighted by atomic mass is 10.2. The van der Waals surface area contributed by atoms with Crippen molar-refractivity contribution in [3.8, 4) is 0 Å². The number of sulfonamides is 2. The summed E-state index contributed by atoms with van der Waals surface area (Å²) in [7, 11) is -7.49. The molecule has 0 aliphatic carbocycles. The van der Waals surface area contributed by atoms with Gasteiger partial charge in [-0.3, -0.25) is 0 Å². The van der Waals surface area contributed by atoms with E-state index in [1.165, 1.54) is 0 Å². The quantitative estimate of drug-likeness (QED) is 0.483. The SMILES string of the molecule is Cc1cc(F)c(S(=O)(=O)NCCNS(C)(=O)=O)cc1N. The van der Waals surface area contributed by atoms with Crippen molar-refractivity contribution in [2.75, 3.05) is 25.1 Å². The molecule has 0 unspecified atom stereocenters. The molecular weight excluding hydrogens is 309 g/mol. The fraction of sp³-hybridized carbons (Fsp3) is 0.400. The number of aryl methyl sites for hydroxylation is 1. The maximum Gasteiger partial charge on any atom is 0.243 e. The zero-order chi connectivity index (χ0) is 15.6. The minimum absolute atomic E-state index is 0.138. The smallest absolute Gasteiger partial charge is 0.243 e. The first-order valence-electron chi connectivity index (χ1n) is 5.53. The van der Waals surface area contributed by atoms with Crippen LogP contribution in [0.3, 0.4) is 0 Å². The van der Waals surface area contributed by atoms with Crippen LogP contribution >= 0.6 is 0 Å². The second-order valence-electron chi connectivity index (χ2n) is 4.20. The third-order valence-electron chi connectivity index (χ3n) is 2.39. The molecule has 0 spiro atoms. The van der Waals surface area contributed by atoms with Crippen molar-refractivity contribution in [3.05, 3.63) is 23.5 Å². The zero-order valence-corrected chi connectivity index (χ0v) is 12.6. The summed E-state index contributed by atoms with van der Waals surface area (Å²) in [5, 5.41) is 0. The molecule has 0 fully saturated rings. The van der Waals surface area contributed by atoms with E-state index < -0.39 is 30.8 Å². The monoisotopic (exact) mass is 325 g/mol. The number of nitrogens with one attached hydrogen (secondary N) is 2. The molecule has 114 valence electrons. The fourth-order valence-corrected chi connectivity index (χ4v) is 2.97. The Morgan fingerprint density at radius 2 is 1.70 bits per heavy atom. The van der Waals surface area contributed by atoms with Gasteiger partial charge in [0, 0.05) is 18.8 Å². The molecule has 1 aromatic rings. The van der Waals surface area contributed by atoms with Gasteiger partial charge in [-0.2, -0.15) is 0 Å². The maximum absolute atomic E-state index is 13.6. The van der Waals surface area contributed by atoms with Crippen molar-refractivity contribution >= 4 is 25.7 Å². The molecule has 0 bridgehead atoms. The van der Waals surface area contributed by atoms with Crippen LogP contribution in [0.4, 0.5) is 10.1 Å². The summed E-state index contributed by atoms with van der Waals surface area (Å²) in [6.07, 6.45) is 0.946. The number of halogens is 1. The van der Waals surface area contributed by atoms with E-state index in [0.29, 0.717) is 5.56 Å². The lowest BCUT2D eigenvalue weighted by molar-refractivity contribution is 0.554. The van der Waals surface area contributed by atoms with Gasteiger partial charge in [0.05, 0.1) is 6.26 Å². The summed E-state index contributed by atoms with van der Waals surface area (Å²) in [4.78, 5) is -0.569. The molecule has 0 atom stereocenters. The average Bonchev–Trinajstić information content (AvgIpc) is 2.28. The van der Waals surface area contributed by atoms with Crippen LogP contribution in [0.2, 0.25) is 0 Å². The molecule has 1 aromatic carbocycles. The molecule has 0 saturated carbocycles. The van der Waals surface area contributed by atoms with Crippen molar-refractivity contribution in [1.29, 1.82) is 0 Å². The summed E-state index contributed by atoms with van der Waals surface area (Å²) in [6, 6.07) is 2.05. The predicted octanol–water partition coefficient (Wildman–Crippen LogP) is -0.456. The molecule has 20 heavy (non-hydrogen) atoms. The Balaban J connectivity index is 2.82. The van der Waals surface area contributed by atoms with Gasteiger partial charge in [-0.15, -0.1) is 0 Å². The van der Waals surface area contributed by atoms with Crippen LogP contribution < -0.4 is 15.2 Å². The topological polar surface area (TPSA) is 118 Å². The van der Waals surface area contributed by atoms with Gasteiger partial charge in [-0.25, -0.2) is 30.7 Å². The Morgan fingerprint density at radius 1 is 1.15 bits per heavy atom. The first-order valence-corrected chi connectivity index (χ1v) is 8.90. The Labute approximate surface area is 117 Å². The Bertz CT molecular complexity index is 701. The third-order valence-corrected chi connectivity index (χ3v) is 4.60. The van der Waals surface area contributed by atoms with Gasteiger partial charge in [0.1, 0.15) is 10.7 Å². The molecule has 0 saturated heterocycles. The van der Waals surface area contributed by atoms with Crippen LogP contribution in [-0.2, 0) is 20.0 Å². The molecule has 0 heterocycles. The first kappa shape index (κ1) is 16.8. The highest BCUT2D eigenvalue weighted by atomic mass is 32.2. The maximum atomic E-state index is 13.6. The number of hydrogen-bond acceptors (Lipinski definition) is 5. The summed E-state index contributed by atoms with van der Waals surface area (Å²) in [5.74, 6) is -0.916. The van der Waals surface area contributed by atoms with E-state index in [2.05, 4.69) is 9.44 Å². The minimum atomic E-state index is -4.09. The molecule has 0 aromatic heterocycles. The Hall–Kier alpha value is -1.23. The molecule has 10 heteroatoms. The second-order valence-corrected chi connectivity index (χ2v) is 7.77. The number of benzene rings is 1. The van der Waals surface area contributed by atoms with E-state index in [1.54, 1.807) is 6.92 Å². The summed E-state index contributed by atoms with van der Waals surface area (Å²) in [5.41, 5.74) is 6.13. The fourth-order valence-electron chi connectivity index (χ4n) is 1.37. The highest BCUT2D eigenvalue weighted by Crippen LogP contribution is 2.21. The Kier molecular flexibility index (Phi) is 5.08. The lowest BCUT2D eigenvalue weighted by Gasteiger charge is -2.10. The second kappa shape index (κ2) is 6.04. The molecule has 0 radical (unpaired) electrons. The van der Waals surface area contributed by atoms with Crippen LogP contribution in [0.5, 0.6) is 0 Å². The van der Waals surface area contributed by atoms with E-state index in [1.807, 2.05) is 0 Å². The Morgan fingerprint density at radius 3 is 2.25 bits per heavy atom. The van der Waals surface area contributed by atoms with Crippen LogP contribution in [0.15, 0.2) is 17.0 Å². The number of hydrogen-bond donors (Lipinski definition) is 3. The number of rotatable bonds is 6. The molecule has 0 amide bonds. The van der Waals surface area contributed by atoms with Gasteiger partial charge in [-0.05, 0) is 24.6 Å². The van der Waals surface area contributed by atoms with Gasteiger partial charge in [0.2, 0.25) is 20.0 Å². The van der Waals surface area contributed by atoms with Crippen LogP contribution in [0, 0.1) is 12.7 Å². The largest absolute Gasteiger partial charge is 0.398 e. The van der Waals surface area contributed by atoms with E-state index in [-0.39, 0.29) is 18.8 Å². The van der Waals surface area contributed by atoms with Crippen molar-refractivity contribution < 1.29 is 21.2 Å². The van der Waals surface area contributed by atoms with Gasteiger partial charge < -0.3 is 5.73 Å². The van der Waals surface area contributed by atoms with Crippen molar-refractivity contribution in [3.63, 3.8) is 0 Å². The summed E-state index contributed by atoms with van der Waals surface area (Å²) >= 11 is 0. The lowest BCUT2D eigenvalue weighted by Crippen LogP contribution is -2.34. The van der Waals surface area contributed by atoms with E-state index in [9.17, 15) is 21.2 Å². The molecule has 4 N–H and O–H groups in total. The first-order chi connectivity index (χ1) is 9.03. The van der Waals surface area contributed by atoms with Gasteiger partial charge in [0.15, 0.2) is 0 Å². The highest BCUT2D eigenvalue weighted by Gasteiger charge is 2.20. The number of anilines is 1. The normalized spacial score (nSPS) is 12.6. The molecule has 0 aliphatic heterocycles. The van der Waals surface area contributed by atoms with E-state index >= 15 is 0 Å². The molecular formula is C10H16FN3O4S2. The van der Waals surface area contributed by atoms with E-state index in [4.69, 9.17) is 5.73 Å². The number of nitrogens with two attached hydrogens (primary N) is 1. The van der Waals surface area contributed by atoms with E-state index in [0.717, 1.165) is 18.4 Å². The van der Waals surface area contributed by atoms with Crippen LogP contribution in [0.1, 0.15) is 5.56 Å². The van der Waals surface area contributed by atoms with Crippen molar-refractivity contribution in [1.82, 2.24) is 9.44 Å². The van der Waals surface area contributed by atoms with Gasteiger partial charge in [-0.1, -0.05) is 0 Å².